The summed E-state index contributed by atoms with van der Waals surface area (Å²) in [6.07, 6.45) is 0.819. The average molecular weight is 386 g/mol. The molecule has 28 heavy (non-hydrogen) atoms. The Hall–Kier alpha value is -2.96. The van der Waals surface area contributed by atoms with E-state index in [2.05, 4.69) is 27.7 Å². The Morgan fingerprint density at radius 2 is 1.57 bits per heavy atom. The van der Waals surface area contributed by atoms with E-state index < -0.39 is 21.1 Å². The highest BCUT2D eigenvalue weighted by Gasteiger charge is 2.46. The molecule has 0 aromatic heterocycles. The molecule has 0 aliphatic heterocycles. The summed E-state index contributed by atoms with van der Waals surface area (Å²) in [4.78, 5) is 21.3. The molecule has 0 aliphatic carbocycles. The van der Waals surface area contributed by atoms with Crippen molar-refractivity contribution < 1.29 is 14.6 Å². The Labute approximate surface area is 164 Å². The monoisotopic (exact) mass is 386 g/mol. The van der Waals surface area contributed by atoms with Gasteiger partial charge < -0.3 is 4.74 Å². The number of nitrogens with zero attached hydrogens (tertiary/aromatic N) is 2. The summed E-state index contributed by atoms with van der Waals surface area (Å²) < 4.78 is 6.32. The van der Waals surface area contributed by atoms with Gasteiger partial charge in [-0.3, -0.25) is 20.2 Å². The van der Waals surface area contributed by atoms with Gasteiger partial charge in [-0.1, -0.05) is 58.0 Å². The van der Waals surface area contributed by atoms with E-state index >= 15 is 0 Å². The van der Waals surface area contributed by atoms with Crippen molar-refractivity contribution in [1.82, 2.24) is 0 Å². The maximum absolute atomic E-state index is 11.5. The van der Waals surface area contributed by atoms with E-state index in [0.717, 1.165) is 18.1 Å². The molecule has 0 aliphatic rings. The fourth-order valence-electron chi connectivity index (χ4n) is 3.63. The van der Waals surface area contributed by atoms with Gasteiger partial charge in [0.25, 0.3) is 5.69 Å². The van der Waals surface area contributed by atoms with E-state index in [1.165, 1.54) is 12.1 Å². The highest BCUT2D eigenvalue weighted by molar-refractivity contribution is 5.54. The number of benzene rings is 2. The third-order valence-corrected chi connectivity index (χ3v) is 5.20. The normalized spacial score (nSPS) is 13.8. The smallest absolute Gasteiger partial charge is 0.317 e. The molecule has 0 spiro atoms. The second-order valence-electron chi connectivity index (χ2n) is 8.15. The van der Waals surface area contributed by atoms with Gasteiger partial charge in [-0.2, -0.15) is 0 Å². The number of hydrogen-bond acceptors (Lipinski definition) is 5. The van der Waals surface area contributed by atoms with Gasteiger partial charge in [-0.25, -0.2) is 0 Å². The Morgan fingerprint density at radius 3 is 2.07 bits per heavy atom. The fourth-order valence-corrected chi connectivity index (χ4v) is 3.63. The van der Waals surface area contributed by atoms with Crippen LogP contribution in [0.25, 0.3) is 0 Å². The number of nitro groups is 2. The molecule has 0 saturated carbocycles. The van der Waals surface area contributed by atoms with Gasteiger partial charge in [0.2, 0.25) is 0 Å². The van der Waals surface area contributed by atoms with Crippen molar-refractivity contribution in [3.63, 3.8) is 0 Å². The molecular formula is C21H26N2O5. The molecule has 7 heteroatoms. The maximum Gasteiger partial charge on any atom is 0.317 e. The predicted octanol–water partition coefficient (Wildman–Crippen LogP) is 5.87. The van der Waals surface area contributed by atoms with Crippen LogP contribution >= 0.6 is 0 Å². The van der Waals surface area contributed by atoms with E-state index in [4.69, 9.17) is 4.74 Å². The molecule has 0 amide bonds. The zero-order chi connectivity index (χ0) is 21.1. The van der Waals surface area contributed by atoms with Crippen molar-refractivity contribution in [3.8, 4) is 5.75 Å². The predicted molar refractivity (Wildman–Crippen MR) is 107 cm³/mol. The second-order valence-corrected chi connectivity index (χ2v) is 8.15. The van der Waals surface area contributed by atoms with Gasteiger partial charge >= 0.3 is 5.69 Å². The Bertz CT molecular complexity index is 864. The first-order valence-corrected chi connectivity index (χ1v) is 9.15. The van der Waals surface area contributed by atoms with Crippen molar-refractivity contribution >= 4 is 11.4 Å². The molecule has 2 aromatic rings. The van der Waals surface area contributed by atoms with E-state index in [1.807, 2.05) is 37.3 Å². The van der Waals surface area contributed by atoms with Crippen LogP contribution in [0.3, 0.4) is 0 Å². The first-order valence-electron chi connectivity index (χ1n) is 9.15. The highest BCUT2D eigenvalue weighted by Crippen LogP contribution is 2.48. The number of hydrogen-bond donors (Lipinski definition) is 0. The van der Waals surface area contributed by atoms with Crippen LogP contribution in [0.1, 0.15) is 46.6 Å². The number of non-ortho nitro benzene ring substituents is 1. The van der Waals surface area contributed by atoms with Crippen molar-refractivity contribution in [2.75, 3.05) is 0 Å². The van der Waals surface area contributed by atoms with Crippen LogP contribution in [0.5, 0.6) is 5.75 Å². The zero-order valence-electron chi connectivity index (χ0n) is 16.8. The standard InChI is InChI=1S/C21H26N2O5/c1-15(2)14-20(3,4)21(5,16-9-7-6-8-10-16)28-19-12-11-17(22(24)25)13-18(19)23(26)27/h6-13,15H,14H2,1-5H3. The molecule has 1 atom stereocenters. The highest BCUT2D eigenvalue weighted by atomic mass is 16.6. The Kier molecular flexibility index (Phi) is 6.07. The van der Waals surface area contributed by atoms with E-state index in [9.17, 15) is 20.2 Å². The zero-order valence-corrected chi connectivity index (χ0v) is 16.8. The third-order valence-electron chi connectivity index (χ3n) is 5.20. The van der Waals surface area contributed by atoms with Crippen LogP contribution in [-0.2, 0) is 5.60 Å². The van der Waals surface area contributed by atoms with Crippen LogP contribution in [0.15, 0.2) is 48.5 Å². The Morgan fingerprint density at radius 1 is 0.964 bits per heavy atom. The number of nitro benzene ring substituents is 2. The summed E-state index contributed by atoms with van der Waals surface area (Å²) in [6.45, 7) is 10.3. The molecule has 0 fully saturated rings. The van der Waals surface area contributed by atoms with Crippen LogP contribution in [0, 0.1) is 31.6 Å². The minimum atomic E-state index is -0.889. The minimum Gasteiger partial charge on any atom is -0.475 e. The summed E-state index contributed by atoms with van der Waals surface area (Å²) in [7, 11) is 0. The lowest BCUT2D eigenvalue weighted by Crippen LogP contribution is -2.45. The molecule has 0 saturated heterocycles. The first kappa shape index (κ1) is 21.3. The number of rotatable bonds is 8. The second kappa shape index (κ2) is 7.96. The lowest BCUT2D eigenvalue weighted by atomic mass is 9.67. The van der Waals surface area contributed by atoms with E-state index in [0.29, 0.717) is 5.92 Å². The van der Waals surface area contributed by atoms with Gasteiger partial charge in [0.05, 0.1) is 15.9 Å². The lowest BCUT2D eigenvalue weighted by Gasteiger charge is -2.45. The number of ether oxygens (including phenoxy) is 1. The molecule has 7 nitrogen and oxygen atoms in total. The largest absolute Gasteiger partial charge is 0.475 e. The van der Waals surface area contributed by atoms with Crippen molar-refractivity contribution in [2.24, 2.45) is 11.3 Å². The van der Waals surface area contributed by atoms with Crippen molar-refractivity contribution in [3.05, 3.63) is 74.3 Å². The molecule has 0 radical (unpaired) electrons. The summed E-state index contributed by atoms with van der Waals surface area (Å²) in [5, 5.41) is 22.6. The lowest BCUT2D eigenvalue weighted by molar-refractivity contribution is -0.395. The summed E-state index contributed by atoms with van der Waals surface area (Å²) in [5.74, 6) is 0.396. The van der Waals surface area contributed by atoms with Gasteiger partial charge in [0, 0.05) is 11.5 Å². The van der Waals surface area contributed by atoms with Gasteiger partial charge in [-0.05, 0) is 30.9 Å². The van der Waals surface area contributed by atoms with Crippen LogP contribution in [0.4, 0.5) is 11.4 Å². The molecule has 0 bridgehead atoms. The third kappa shape index (κ3) is 4.30. The van der Waals surface area contributed by atoms with Gasteiger partial charge in [0.15, 0.2) is 5.75 Å². The summed E-state index contributed by atoms with van der Waals surface area (Å²) >= 11 is 0. The van der Waals surface area contributed by atoms with Gasteiger partial charge in [0.1, 0.15) is 5.60 Å². The van der Waals surface area contributed by atoms with Crippen molar-refractivity contribution in [2.45, 2.75) is 46.6 Å². The first-order chi connectivity index (χ1) is 13.0. The van der Waals surface area contributed by atoms with E-state index in [-0.39, 0.29) is 16.9 Å². The Balaban J connectivity index is 2.61. The summed E-state index contributed by atoms with van der Waals surface area (Å²) in [5.41, 5.74) is -1.15. The maximum atomic E-state index is 11.5. The van der Waals surface area contributed by atoms with E-state index in [1.54, 1.807) is 0 Å². The van der Waals surface area contributed by atoms with Crippen LogP contribution in [-0.4, -0.2) is 9.85 Å². The minimum absolute atomic E-state index is 0.0128. The van der Waals surface area contributed by atoms with Crippen LogP contribution in [0.2, 0.25) is 0 Å². The van der Waals surface area contributed by atoms with Crippen molar-refractivity contribution in [1.29, 1.82) is 0 Å². The molecule has 150 valence electrons. The molecule has 0 N–H and O–H groups in total. The SMILES string of the molecule is CC(C)CC(C)(C)C(C)(Oc1ccc([N+](=O)[O-])cc1[N+](=O)[O-])c1ccccc1. The average Bonchev–Trinajstić information content (AvgIpc) is 2.61. The molecule has 1 unspecified atom stereocenters. The molecular weight excluding hydrogens is 360 g/mol. The fraction of sp³-hybridized carbons (Fsp3) is 0.429. The summed E-state index contributed by atoms with van der Waals surface area (Å²) in [6, 6.07) is 13.0. The molecule has 2 aromatic carbocycles. The molecule has 2 rings (SSSR count). The topological polar surface area (TPSA) is 95.5 Å². The molecule has 0 heterocycles. The quantitative estimate of drug-likeness (QED) is 0.417. The van der Waals surface area contributed by atoms with Gasteiger partial charge in [-0.15, -0.1) is 0 Å². The van der Waals surface area contributed by atoms with Crippen LogP contribution < -0.4 is 4.74 Å².